The topological polar surface area (TPSA) is 52.6 Å². The van der Waals surface area contributed by atoms with Crippen molar-refractivity contribution >= 4 is 11.9 Å². The van der Waals surface area contributed by atoms with Gasteiger partial charge in [-0.1, -0.05) is 251 Å². The Morgan fingerprint density at radius 2 is 0.591 bits per heavy atom. The first-order valence-corrected chi connectivity index (χ1v) is 29.8. The van der Waals surface area contributed by atoms with Crippen LogP contribution in [0.25, 0.3) is 0 Å². The van der Waals surface area contributed by atoms with Crippen molar-refractivity contribution in [3.8, 4) is 0 Å². The molecule has 0 bridgehead atoms. The van der Waals surface area contributed by atoms with E-state index < -0.39 is 0 Å². The van der Waals surface area contributed by atoms with Crippen LogP contribution in [0.2, 0.25) is 0 Å². The molecule has 0 aliphatic carbocycles. The normalized spacial score (nSPS) is 12.1. The van der Waals surface area contributed by atoms with E-state index in [0.717, 1.165) is 38.5 Å². The summed E-state index contributed by atoms with van der Waals surface area (Å²) in [6.07, 6.45) is 72.0. The van der Waals surface area contributed by atoms with Crippen molar-refractivity contribution in [2.24, 2.45) is 5.92 Å². The van der Waals surface area contributed by atoms with Crippen LogP contribution in [0.3, 0.4) is 0 Å². The Balaban J connectivity index is 0. The molecule has 0 aromatic carbocycles. The molecule has 0 aliphatic heterocycles. The van der Waals surface area contributed by atoms with Crippen LogP contribution in [-0.4, -0.2) is 25.2 Å². The van der Waals surface area contributed by atoms with Crippen LogP contribution in [0.1, 0.15) is 330 Å². The molecule has 0 radical (unpaired) electrons. The third-order valence-corrected chi connectivity index (χ3v) is 13.2. The summed E-state index contributed by atoms with van der Waals surface area (Å²) < 4.78 is 10.9. The molecule has 390 valence electrons. The maximum Gasteiger partial charge on any atom is 0.305 e. The Hall–Kier alpha value is -1.84. The first-order chi connectivity index (χ1) is 32.5. The summed E-state index contributed by atoms with van der Waals surface area (Å²) in [7, 11) is 0. The monoisotopic (exact) mass is 927 g/mol. The number of carbonyl (C=O) groups excluding carboxylic acids is 2. The Morgan fingerprint density at radius 1 is 0.318 bits per heavy atom. The van der Waals surface area contributed by atoms with Crippen LogP contribution >= 0.6 is 0 Å². The van der Waals surface area contributed by atoms with Gasteiger partial charge >= 0.3 is 11.9 Å². The number of allylic oxidation sites excluding steroid dienone is 6. The van der Waals surface area contributed by atoms with Gasteiger partial charge in [0.05, 0.1) is 13.2 Å². The molecule has 0 amide bonds. The molecule has 0 aromatic heterocycles. The van der Waals surface area contributed by atoms with Crippen molar-refractivity contribution < 1.29 is 19.1 Å². The summed E-state index contributed by atoms with van der Waals surface area (Å²) >= 11 is 0. The minimum Gasteiger partial charge on any atom is -0.466 e. The van der Waals surface area contributed by atoms with E-state index in [4.69, 9.17) is 9.47 Å². The summed E-state index contributed by atoms with van der Waals surface area (Å²) in [5, 5.41) is 0. The Morgan fingerprint density at radius 3 is 0.909 bits per heavy atom. The number of hydrogen-bond donors (Lipinski definition) is 0. The van der Waals surface area contributed by atoms with Crippen molar-refractivity contribution in [3.63, 3.8) is 0 Å². The van der Waals surface area contributed by atoms with Crippen LogP contribution in [-0.2, 0) is 19.1 Å². The lowest BCUT2D eigenvalue weighted by molar-refractivity contribution is -0.145. The highest BCUT2D eigenvalue weighted by molar-refractivity contribution is 5.69. The lowest BCUT2D eigenvalue weighted by Crippen LogP contribution is -2.13. The molecule has 0 heterocycles. The molecule has 4 heteroatoms. The number of rotatable bonds is 52. The lowest BCUT2D eigenvalue weighted by atomic mass is 10.0. The van der Waals surface area contributed by atoms with E-state index in [1.807, 2.05) is 0 Å². The number of hydrogen-bond acceptors (Lipinski definition) is 4. The third-order valence-electron chi connectivity index (χ3n) is 13.2. The second kappa shape index (κ2) is 61.2. The van der Waals surface area contributed by atoms with E-state index in [9.17, 15) is 9.59 Å². The summed E-state index contributed by atoms with van der Waals surface area (Å²) in [6, 6.07) is 0. The Kier molecular flexibility index (Phi) is 61.4. The van der Waals surface area contributed by atoms with Crippen molar-refractivity contribution in [1.82, 2.24) is 0 Å². The summed E-state index contributed by atoms with van der Waals surface area (Å²) in [5.74, 6) is 0.570. The van der Waals surface area contributed by atoms with E-state index in [2.05, 4.69) is 71.1 Å². The molecule has 0 fully saturated rings. The van der Waals surface area contributed by atoms with Crippen LogP contribution in [0.15, 0.2) is 36.5 Å². The summed E-state index contributed by atoms with van der Waals surface area (Å²) in [5.41, 5.74) is 0. The van der Waals surface area contributed by atoms with Gasteiger partial charge in [-0.15, -0.1) is 0 Å². The van der Waals surface area contributed by atoms with E-state index >= 15 is 0 Å². The van der Waals surface area contributed by atoms with Gasteiger partial charge in [-0.05, 0) is 109 Å². The number of unbranched alkanes of at least 4 members (excludes halogenated alkanes) is 35. The molecule has 0 saturated carbocycles. The van der Waals surface area contributed by atoms with Crippen LogP contribution < -0.4 is 0 Å². The zero-order valence-corrected chi connectivity index (χ0v) is 45.6. The molecule has 0 N–H and O–H groups in total. The van der Waals surface area contributed by atoms with Crippen molar-refractivity contribution in [3.05, 3.63) is 36.5 Å². The fraction of sp³-hybridized carbons (Fsp3) is 0.871. The van der Waals surface area contributed by atoms with Gasteiger partial charge in [0.2, 0.25) is 0 Å². The SMILES string of the molecule is CCCCCCCC/C=C\CCCCCCCC(=O)OCC(CC)CCCC.CCCCCCCC/C=C\CCCCCCCCOC(=O)CCCCCCC/C=C\CCCCCCCC. The molecule has 66 heavy (non-hydrogen) atoms. The molecule has 0 aromatic rings. The first kappa shape index (κ1) is 66.2. The van der Waals surface area contributed by atoms with Gasteiger partial charge in [-0.2, -0.15) is 0 Å². The van der Waals surface area contributed by atoms with Gasteiger partial charge in [0.25, 0.3) is 0 Å². The molecule has 1 atom stereocenters. The fourth-order valence-corrected chi connectivity index (χ4v) is 8.47. The van der Waals surface area contributed by atoms with E-state index in [1.165, 1.54) is 244 Å². The predicted molar refractivity (Wildman–Crippen MR) is 294 cm³/mol. The average Bonchev–Trinajstić information content (AvgIpc) is 3.32. The summed E-state index contributed by atoms with van der Waals surface area (Å²) in [6.45, 7) is 12.5. The predicted octanol–water partition coefficient (Wildman–Crippen LogP) is 21.4. The Labute approximate surface area is 414 Å². The van der Waals surface area contributed by atoms with E-state index in [-0.39, 0.29) is 11.9 Å². The van der Waals surface area contributed by atoms with Crippen LogP contribution in [0.5, 0.6) is 0 Å². The first-order valence-electron chi connectivity index (χ1n) is 29.8. The molecule has 0 aliphatic rings. The van der Waals surface area contributed by atoms with Gasteiger partial charge in [0.1, 0.15) is 0 Å². The standard InChI is InChI=1S/C36H68O2.C26H50O2/c1-3-5-7-9-11-13-15-17-19-21-23-25-27-29-31-33-35-38-36(37)34-32-30-28-26-24-22-20-18-16-14-12-10-8-6-4-2;1-4-7-9-10-11-12-13-14-15-16-17-18-19-20-21-23-26(27)28-24-25(6-3)22-8-5-2/h17-20H,3-16,21-35H2,1-2H3;14-15,25H,4-13,16-24H2,1-3H3/b19-17-,20-18-;15-14-. The lowest BCUT2D eigenvalue weighted by Gasteiger charge is -2.14. The molecule has 0 spiro atoms. The largest absolute Gasteiger partial charge is 0.466 e. The van der Waals surface area contributed by atoms with E-state index in [1.54, 1.807) is 0 Å². The molecular weight excluding hydrogens is 809 g/mol. The minimum atomic E-state index is 0.00701. The van der Waals surface area contributed by atoms with Gasteiger partial charge in [-0.3, -0.25) is 9.59 Å². The Bertz CT molecular complexity index is 1010. The van der Waals surface area contributed by atoms with Crippen molar-refractivity contribution in [1.29, 1.82) is 0 Å². The number of carbonyl (C=O) groups is 2. The zero-order chi connectivity index (χ0) is 48.3. The molecular formula is C62H118O4. The highest BCUT2D eigenvalue weighted by atomic mass is 16.5. The van der Waals surface area contributed by atoms with Crippen LogP contribution in [0.4, 0.5) is 0 Å². The zero-order valence-electron chi connectivity index (χ0n) is 45.6. The smallest absolute Gasteiger partial charge is 0.305 e. The minimum absolute atomic E-state index is 0.00701. The van der Waals surface area contributed by atoms with Crippen LogP contribution in [0, 0.1) is 5.92 Å². The third kappa shape index (κ3) is 60.2. The highest BCUT2D eigenvalue weighted by Gasteiger charge is 2.10. The van der Waals surface area contributed by atoms with Gasteiger partial charge in [0.15, 0.2) is 0 Å². The van der Waals surface area contributed by atoms with E-state index in [0.29, 0.717) is 32.0 Å². The second-order valence-electron chi connectivity index (χ2n) is 19.9. The van der Waals surface area contributed by atoms with Gasteiger partial charge < -0.3 is 9.47 Å². The maximum absolute atomic E-state index is 11.9. The second-order valence-corrected chi connectivity index (χ2v) is 19.9. The van der Waals surface area contributed by atoms with Gasteiger partial charge in [0, 0.05) is 12.8 Å². The van der Waals surface area contributed by atoms with Crippen molar-refractivity contribution in [2.45, 2.75) is 330 Å². The number of esters is 2. The highest BCUT2D eigenvalue weighted by Crippen LogP contribution is 2.16. The molecule has 0 rings (SSSR count). The molecule has 1 unspecified atom stereocenters. The fourth-order valence-electron chi connectivity index (χ4n) is 8.47. The quantitative estimate of drug-likeness (QED) is 0.0346. The molecule has 4 nitrogen and oxygen atoms in total. The summed E-state index contributed by atoms with van der Waals surface area (Å²) in [4.78, 5) is 23.7. The maximum atomic E-state index is 11.9. The van der Waals surface area contributed by atoms with Crippen molar-refractivity contribution in [2.75, 3.05) is 13.2 Å². The molecule has 0 saturated heterocycles. The number of ether oxygens (including phenoxy) is 2. The van der Waals surface area contributed by atoms with Gasteiger partial charge in [-0.25, -0.2) is 0 Å². The average molecular weight is 928 g/mol.